The molecule has 0 amide bonds. The largest absolute Gasteiger partial charge is 0.465 e. The summed E-state index contributed by atoms with van der Waals surface area (Å²) < 4.78 is 4.13. The summed E-state index contributed by atoms with van der Waals surface area (Å²) in [4.78, 5) is 9.72. The fourth-order valence-electron chi connectivity index (χ4n) is 0.800. The van der Waals surface area contributed by atoms with Gasteiger partial charge in [-0.15, -0.1) is 0 Å². The van der Waals surface area contributed by atoms with Crippen molar-refractivity contribution in [3.63, 3.8) is 0 Å². The van der Waals surface area contributed by atoms with Crippen molar-refractivity contribution in [2.24, 2.45) is 0 Å². The predicted molar refractivity (Wildman–Crippen MR) is 43.1 cm³/mol. The Morgan fingerprint density at radius 3 is 2.00 bits per heavy atom. The average Bonchev–Trinajstić information content (AvgIpc) is 2.22. The highest BCUT2D eigenvalue weighted by Gasteiger charge is 2.30. The SMILES string of the molecule is O=COC[C@H](O)[C@H](O)[C@@H](O)[C@@H](O)CO. The summed E-state index contributed by atoms with van der Waals surface area (Å²) in [6.07, 6.45) is -6.48. The molecule has 0 aromatic rings. The lowest BCUT2D eigenvalue weighted by molar-refractivity contribution is -0.144. The van der Waals surface area contributed by atoms with Crippen molar-refractivity contribution in [1.82, 2.24) is 0 Å². The molecular formula is C7H14O7. The van der Waals surface area contributed by atoms with Crippen molar-refractivity contribution < 1.29 is 35.1 Å². The van der Waals surface area contributed by atoms with Gasteiger partial charge in [0, 0.05) is 0 Å². The van der Waals surface area contributed by atoms with Crippen LogP contribution < -0.4 is 0 Å². The topological polar surface area (TPSA) is 127 Å². The Kier molecular flexibility index (Phi) is 6.34. The van der Waals surface area contributed by atoms with Crippen LogP contribution in [0.2, 0.25) is 0 Å². The van der Waals surface area contributed by atoms with Crippen LogP contribution in [0.5, 0.6) is 0 Å². The highest BCUT2D eigenvalue weighted by molar-refractivity contribution is 5.36. The molecule has 7 nitrogen and oxygen atoms in total. The molecule has 0 spiro atoms. The summed E-state index contributed by atoms with van der Waals surface area (Å²) in [5, 5.41) is 44.6. The molecule has 0 fully saturated rings. The maximum absolute atomic E-state index is 9.72. The summed E-state index contributed by atoms with van der Waals surface area (Å²) in [5.74, 6) is 0. The first kappa shape index (κ1) is 13.3. The van der Waals surface area contributed by atoms with E-state index in [1.807, 2.05) is 0 Å². The highest BCUT2D eigenvalue weighted by atomic mass is 16.5. The van der Waals surface area contributed by atoms with Gasteiger partial charge in [0.2, 0.25) is 0 Å². The van der Waals surface area contributed by atoms with Crippen LogP contribution in [-0.4, -0.2) is 69.6 Å². The summed E-state index contributed by atoms with van der Waals surface area (Å²) in [5.41, 5.74) is 0. The number of aliphatic hydroxyl groups excluding tert-OH is 5. The third kappa shape index (κ3) is 3.99. The molecular weight excluding hydrogens is 196 g/mol. The number of ether oxygens (including phenoxy) is 1. The van der Waals surface area contributed by atoms with E-state index in [0.29, 0.717) is 0 Å². The second-order valence-electron chi connectivity index (χ2n) is 2.73. The van der Waals surface area contributed by atoms with Crippen LogP contribution in [0.4, 0.5) is 0 Å². The molecule has 0 bridgehead atoms. The van der Waals surface area contributed by atoms with Crippen molar-refractivity contribution in [2.75, 3.05) is 13.2 Å². The van der Waals surface area contributed by atoms with Gasteiger partial charge in [-0.25, -0.2) is 0 Å². The van der Waals surface area contributed by atoms with Crippen molar-refractivity contribution >= 4 is 6.47 Å². The van der Waals surface area contributed by atoms with E-state index in [1.165, 1.54) is 0 Å². The Hall–Kier alpha value is -0.730. The minimum absolute atomic E-state index is 0.0742. The number of carbonyl (C=O) groups is 1. The smallest absolute Gasteiger partial charge is 0.293 e. The van der Waals surface area contributed by atoms with Crippen molar-refractivity contribution in [2.45, 2.75) is 24.4 Å². The number of aliphatic hydroxyl groups is 5. The first-order valence-corrected chi connectivity index (χ1v) is 3.93. The lowest BCUT2D eigenvalue weighted by Crippen LogP contribution is -2.47. The average molecular weight is 210 g/mol. The molecule has 14 heavy (non-hydrogen) atoms. The van der Waals surface area contributed by atoms with Crippen LogP contribution in [-0.2, 0) is 9.53 Å². The van der Waals surface area contributed by atoms with Crippen LogP contribution in [0, 0.1) is 0 Å². The molecule has 0 unspecified atom stereocenters. The van der Waals surface area contributed by atoms with Gasteiger partial charge in [-0.2, -0.15) is 0 Å². The molecule has 0 aliphatic rings. The lowest BCUT2D eigenvalue weighted by atomic mass is 10.0. The minimum atomic E-state index is -1.70. The van der Waals surface area contributed by atoms with Gasteiger partial charge in [0.15, 0.2) is 0 Å². The minimum Gasteiger partial charge on any atom is -0.465 e. The van der Waals surface area contributed by atoms with E-state index in [2.05, 4.69) is 4.74 Å². The molecule has 0 saturated carbocycles. The Labute approximate surface area is 80.2 Å². The maximum atomic E-state index is 9.72. The molecule has 0 aliphatic carbocycles. The summed E-state index contributed by atoms with van der Waals surface area (Å²) in [6, 6.07) is 0. The van der Waals surface area contributed by atoms with Crippen molar-refractivity contribution in [1.29, 1.82) is 0 Å². The van der Waals surface area contributed by atoms with Crippen molar-refractivity contribution in [3.8, 4) is 0 Å². The third-order valence-electron chi connectivity index (χ3n) is 1.66. The van der Waals surface area contributed by atoms with E-state index in [9.17, 15) is 4.79 Å². The number of carbonyl (C=O) groups excluding carboxylic acids is 1. The number of hydrogen-bond donors (Lipinski definition) is 5. The zero-order valence-corrected chi connectivity index (χ0v) is 7.35. The quantitative estimate of drug-likeness (QED) is 0.277. The van der Waals surface area contributed by atoms with Gasteiger partial charge in [-0.1, -0.05) is 0 Å². The molecule has 84 valence electrons. The Balaban J connectivity index is 4.01. The van der Waals surface area contributed by atoms with Crippen molar-refractivity contribution in [3.05, 3.63) is 0 Å². The number of hydrogen-bond acceptors (Lipinski definition) is 7. The second-order valence-corrected chi connectivity index (χ2v) is 2.73. The summed E-state index contributed by atoms with van der Waals surface area (Å²) in [6.45, 7) is -1.18. The molecule has 0 saturated heterocycles. The molecule has 0 aromatic carbocycles. The van der Waals surface area contributed by atoms with Gasteiger partial charge < -0.3 is 30.3 Å². The standard InChI is InChI=1S/C7H14O7/c8-1-4(10)6(12)7(13)5(11)2-14-3-9/h3-8,10-13H,1-2H2/t4-,5-,6-,7-/m0/s1. The van der Waals surface area contributed by atoms with E-state index in [-0.39, 0.29) is 6.47 Å². The van der Waals surface area contributed by atoms with Gasteiger partial charge in [-0.05, 0) is 0 Å². The second kappa shape index (κ2) is 6.68. The fourth-order valence-corrected chi connectivity index (χ4v) is 0.800. The highest BCUT2D eigenvalue weighted by Crippen LogP contribution is 2.05. The maximum Gasteiger partial charge on any atom is 0.293 e. The number of rotatable bonds is 7. The summed E-state index contributed by atoms with van der Waals surface area (Å²) >= 11 is 0. The van der Waals surface area contributed by atoms with E-state index in [0.717, 1.165) is 0 Å². The van der Waals surface area contributed by atoms with E-state index in [1.54, 1.807) is 0 Å². The molecule has 5 N–H and O–H groups in total. The van der Waals surface area contributed by atoms with Crippen LogP contribution in [0.3, 0.4) is 0 Å². The first-order chi connectivity index (χ1) is 6.54. The Bertz CT molecular complexity index is 162. The van der Waals surface area contributed by atoms with Crippen LogP contribution in [0.1, 0.15) is 0 Å². The van der Waals surface area contributed by atoms with Gasteiger partial charge >= 0.3 is 0 Å². The predicted octanol–water partition coefficient (Wildman–Crippen LogP) is -3.40. The van der Waals surface area contributed by atoms with E-state index < -0.39 is 37.6 Å². The fraction of sp³-hybridized carbons (Fsp3) is 0.857. The zero-order chi connectivity index (χ0) is 11.1. The van der Waals surface area contributed by atoms with E-state index >= 15 is 0 Å². The molecule has 0 radical (unpaired) electrons. The molecule has 0 aliphatic heterocycles. The van der Waals surface area contributed by atoms with E-state index in [4.69, 9.17) is 25.5 Å². The molecule has 4 atom stereocenters. The van der Waals surface area contributed by atoms with Gasteiger partial charge in [-0.3, -0.25) is 4.79 Å². The third-order valence-corrected chi connectivity index (χ3v) is 1.66. The van der Waals surface area contributed by atoms with Gasteiger partial charge in [0.25, 0.3) is 6.47 Å². The van der Waals surface area contributed by atoms with Gasteiger partial charge in [0.1, 0.15) is 31.0 Å². The van der Waals surface area contributed by atoms with Crippen LogP contribution >= 0.6 is 0 Å². The van der Waals surface area contributed by atoms with Crippen LogP contribution in [0.25, 0.3) is 0 Å². The summed E-state index contributed by atoms with van der Waals surface area (Å²) in [7, 11) is 0. The molecule has 0 heterocycles. The molecule has 7 heteroatoms. The van der Waals surface area contributed by atoms with Crippen LogP contribution in [0.15, 0.2) is 0 Å². The molecule has 0 rings (SSSR count). The Morgan fingerprint density at radius 1 is 1.07 bits per heavy atom. The lowest BCUT2D eigenvalue weighted by Gasteiger charge is -2.24. The molecule has 0 aromatic heterocycles. The monoisotopic (exact) mass is 210 g/mol. The Morgan fingerprint density at radius 2 is 1.57 bits per heavy atom. The van der Waals surface area contributed by atoms with Gasteiger partial charge in [0.05, 0.1) is 6.61 Å². The zero-order valence-electron chi connectivity index (χ0n) is 7.35. The first-order valence-electron chi connectivity index (χ1n) is 3.93. The normalized spacial score (nSPS) is 19.5.